The normalized spacial score (nSPS) is 24.7. The van der Waals surface area contributed by atoms with Gasteiger partial charge < -0.3 is 33.2 Å². The molecule has 1 fully saturated rings. The van der Waals surface area contributed by atoms with Gasteiger partial charge in [0.1, 0.15) is 6.10 Å². The van der Waals surface area contributed by atoms with Crippen LogP contribution in [0.25, 0.3) is 0 Å². The first kappa shape index (κ1) is 28.2. The third-order valence-electron chi connectivity index (χ3n) is 3.87. The van der Waals surface area contributed by atoms with E-state index in [1.54, 1.807) is 14.5 Å². The molecule has 30 heavy (non-hydrogen) atoms. The number of thiocarbonyl (C=S) groups is 2. The van der Waals surface area contributed by atoms with Crippen LogP contribution in [0.1, 0.15) is 13.3 Å². The van der Waals surface area contributed by atoms with E-state index >= 15 is 0 Å². The molecule has 7 nitrogen and oxygen atoms in total. The van der Waals surface area contributed by atoms with Gasteiger partial charge in [0.25, 0.3) is 7.41 Å². The second-order valence-electron chi connectivity index (χ2n) is 9.55. The van der Waals surface area contributed by atoms with Gasteiger partial charge in [-0.1, -0.05) is 46.2 Å². The molecule has 0 aromatic carbocycles. The van der Waals surface area contributed by atoms with Crippen LogP contribution in [0.5, 0.6) is 0 Å². The maximum Gasteiger partial charge on any atom is 0.352 e. The quantitative estimate of drug-likeness (QED) is 0.254. The van der Waals surface area contributed by atoms with E-state index < -0.39 is 28.3 Å². The second kappa shape index (κ2) is 13.0. The second-order valence-corrected chi connectivity index (χ2v) is 21.9. The molecule has 1 heterocycles. The molecule has 1 aliphatic rings. The van der Waals surface area contributed by atoms with E-state index in [0.29, 0.717) is 17.6 Å². The van der Waals surface area contributed by atoms with Gasteiger partial charge in [0.15, 0.2) is 15.1 Å². The van der Waals surface area contributed by atoms with Crippen molar-refractivity contribution in [3.63, 3.8) is 0 Å². The highest BCUT2D eigenvalue weighted by molar-refractivity contribution is 7.80. The summed E-state index contributed by atoms with van der Waals surface area (Å²) in [5.41, 5.74) is 0. The first-order valence-electron chi connectivity index (χ1n) is 10.1. The van der Waals surface area contributed by atoms with Crippen molar-refractivity contribution in [2.24, 2.45) is 0 Å². The van der Waals surface area contributed by atoms with Gasteiger partial charge >= 0.3 is 5.24 Å². The van der Waals surface area contributed by atoms with E-state index in [2.05, 4.69) is 44.5 Å². The average molecular weight is 513 g/mol. The van der Waals surface area contributed by atoms with Gasteiger partial charge in [-0.3, -0.25) is 0 Å². The van der Waals surface area contributed by atoms with Crippen LogP contribution in [-0.4, -0.2) is 77.9 Å². The smallest absolute Gasteiger partial charge is 0.352 e. The van der Waals surface area contributed by atoms with Crippen LogP contribution < -0.4 is 5.23 Å². The lowest BCUT2D eigenvalue weighted by molar-refractivity contribution is 0.0372. The summed E-state index contributed by atoms with van der Waals surface area (Å²) < 4.78 is 34.5. The summed E-state index contributed by atoms with van der Waals surface area (Å²) in [5, 5.41) is 3.44. The fourth-order valence-electron chi connectivity index (χ4n) is 2.49. The third kappa shape index (κ3) is 11.2. The number of ether oxygens (including phenoxy) is 4. The van der Waals surface area contributed by atoms with E-state index in [0.717, 1.165) is 6.42 Å². The van der Waals surface area contributed by atoms with Crippen molar-refractivity contribution in [2.75, 3.05) is 19.6 Å². The van der Waals surface area contributed by atoms with Crippen LogP contribution >= 0.6 is 33.5 Å². The molecule has 13 heteroatoms. The predicted octanol–water partition coefficient (Wildman–Crippen LogP) is 3.61. The Hall–Kier alpha value is 0.189. The van der Waals surface area contributed by atoms with E-state index in [4.69, 9.17) is 52.4 Å². The average Bonchev–Trinajstić information content (AvgIpc) is 2.96. The van der Waals surface area contributed by atoms with Gasteiger partial charge in [0.05, 0.1) is 40.7 Å². The fourth-order valence-corrected chi connectivity index (χ4v) is 4.63. The molecule has 0 aliphatic carbocycles. The molecule has 0 aromatic heterocycles. The standard InChI is InChI=1S/C17H36BNO6PS2Si2/c1-9-12-13(25-26-20-2)14(24-17(28)22-11-30(6,7)8)15(23-12)18-19-16(27)21-10-29(3,4)5/h12-15,26H,9-11H2,1-8H3,(H,19,27)/t12-,13+,14?,15-/m1/s1. The summed E-state index contributed by atoms with van der Waals surface area (Å²) in [6.07, 6.45) is 0.980. The van der Waals surface area contributed by atoms with Crippen LogP contribution in [0.4, 0.5) is 0 Å². The molecular formula is C17H36BNO6PS2Si2. The Labute approximate surface area is 196 Å². The maximum absolute atomic E-state index is 6.14. The Morgan fingerprint density at radius 1 is 1.03 bits per heavy atom. The van der Waals surface area contributed by atoms with Gasteiger partial charge in [-0.05, 0) is 18.6 Å². The minimum atomic E-state index is -1.43. The van der Waals surface area contributed by atoms with E-state index in [-0.39, 0.29) is 26.5 Å². The first-order valence-corrected chi connectivity index (χ1v) is 19.1. The van der Waals surface area contributed by atoms with Crippen LogP contribution in [-0.2, 0) is 28.0 Å². The lowest BCUT2D eigenvalue weighted by Crippen LogP contribution is -2.46. The van der Waals surface area contributed by atoms with Crippen LogP contribution in [0, 0.1) is 0 Å². The summed E-state index contributed by atoms with van der Waals surface area (Å²) >= 11 is 10.6. The fraction of sp³-hybridized carbons (Fsp3) is 0.882. The Kier molecular flexibility index (Phi) is 12.3. The highest BCUT2D eigenvalue weighted by atomic mass is 32.1. The zero-order valence-corrected chi connectivity index (χ0v) is 23.9. The first-order chi connectivity index (χ1) is 13.9. The van der Waals surface area contributed by atoms with Gasteiger partial charge in [0.2, 0.25) is 5.17 Å². The topological polar surface area (TPSA) is 67.4 Å². The highest BCUT2D eigenvalue weighted by Gasteiger charge is 2.47. The summed E-state index contributed by atoms with van der Waals surface area (Å²) in [4.78, 5) is 0. The highest BCUT2D eigenvalue weighted by Crippen LogP contribution is 2.33. The maximum atomic E-state index is 6.14. The Balaban J connectivity index is 2.77. The number of rotatable bonds is 11. The van der Waals surface area contributed by atoms with Gasteiger partial charge in [0, 0.05) is 19.3 Å². The van der Waals surface area contributed by atoms with Crippen molar-refractivity contribution in [3.05, 3.63) is 0 Å². The third-order valence-corrected chi connectivity index (χ3v) is 6.88. The van der Waals surface area contributed by atoms with Crippen LogP contribution in [0.3, 0.4) is 0 Å². The zero-order chi connectivity index (χ0) is 22.9. The molecule has 1 saturated heterocycles. The van der Waals surface area contributed by atoms with Crippen molar-refractivity contribution in [2.45, 2.75) is 76.9 Å². The lowest BCUT2D eigenvalue weighted by Gasteiger charge is -2.26. The number of hydrogen-bond donors (Lipinski definition) is 1. The summed E-state index contributed by atoms with van der Waals surface area (Å²) in [6.45, 7) is 15.3. The molecule has 0 amide bonds. The Bertz CT molecular complexity index is 567. The summed E-state index contributed by atoms with van der Waals surface area (Å²) in [6, 6.07) is -0.441. The minimum Gasteiger partial charge on any atom is -0.476 e. The molecule has 1 N–H and O–H groups in total. The van der Waals surface area contributed by atoms with Crippen molar-refractivity contribution in [1.29, 1.82) is 0 Å². The molecule has 0 aromatic rings. The largest absolute Gasteiger partial charge is 0.476 e. The van der Waals surface area contributed by atoms with Gasteiger partial charge in [-0.15, -0.1) is 0 Å². The molecule has 1 radical (unpaired) electrons. The molecule has 0 saturated carbocycles. The molecule has 1 aliphatic heterocycles. The Morgan fingerprint density at radius 3 is 2.17 bits per heavy atom. The molecule has 0 spiro atoms. The summed E-state index contributed by atoms with van der Waals surface area (Å²) in [7, 11) is 0.408. The molecular weight excluding hydrogens is 476 g/mol. The zero-order valence-electron chi connectivity index (χ0n) is 19.3. The van der Waals surface area contributed by atoms with Gasteiger partial charge in [-0.2, -0.15) is 0 Å². The summed E-state index contributed by atoms with van der Waals surface area (Å²) in [5.74, 6) is 0. The van der Waals surface area contributed by atoms with Crippen molar-refractivity contribution in [3.8, 4) is 0 Å². The number of nitrogens with one attached hydrogen (secondary N) is 1. The lowest BCUT2D eigenvalue weighted by atomic mass is 9.81. The Morgan fingerprint density at radius 2 is 1.63 bits per heavy atom. The van der Waals surface area contributed by atoms with Crippen molar-refractivity contribution >= 4 is 67.4 Å². The molecule has 173 valence electrons. The minimum absolute atomic E-state index is 0.105. The van der Waals surface area contributed by atoms with Crippen molar-refractivity contribution < 1.29 is 28.0 Å². The molecule has 0 bridgehead atoms. The SMILES string of the molecule is CC[C@H]1O[C@@H]([B]NC(=S)OC[Si](C)(C)C)C(OC(=S)OC[Si](C)(C)C)[C@H]1OPOC. The van der Waals surface area contributed by atoms with Gasteiger partial charge in [-0.25, -0.2) is 0 Å². The van der Waals surface area contributed by atoms with Crippen molar-refractivity contribution in [1.82, 2.24) is 5.23 Å². The predicted molar refractivity (Wildman–Crippen MR) is 137 cm³/mol. The molecule has 1 rings (SSSR count). The van der Waals surface area contributed by atoms with Crippen LogP contribution in [0.2, 0.25) is 39.3 Å². The van der Waals surface area contributed by atoms with E-state index in [1.165, 1.54) is 0 Å². The monoisotopic (exact) mass is 512 g/mol. The number of hydrogen-bond acceptors (Lipinski definition) is 8. The molecule has 2 unspecified atom stereocenters. The van der Waals surface area contributed by atoms with E-state index in [1.807, 2.05) is 6.92 Å². The van der Waals surface area contributed by atoms with E-state index in [9.17, 15) is 0 Å². The van der Waals surface area contributed by atoms with Crippen LogP contribution in [0.15, 0.2) is 0 Å². The molecule has 5 atom stereocenters.